The standard InChI is InChI=1S/C15H20Cl2N2O/c1-9(11-4-7-13(16)14(17)8-11)19-12-5-2-10(3-6-12)15(18)20/h4,7-10,12,19H,2-3,5-6H2,1H3,(H2,18,20). The number of nitrogens with two attached hydrogens (primary N) is 1. The fraction of sp³-hybridized carbons (Fsp3) is 0.533. The molecule has 1 aromatic rings. The van der Waals surface area contributed by atoms with Crippen molar-refractivity contribution in [2.75, 3.05) is 0 Å². The molecule has 1 atom stereocenters. The third-order valence-electron chi connectivity index (χ3n) is 4.06. The van der Waals surface area contributed by atoms with E-state index in [-0.39, 0.29) is 17.9 Å². The van der Waals surface area contributed by atoms with Gasteiger partial charge in [0.15, 0.2) is 0 Å². The first-order chi connectivity index (χ1) is 9.47. The zero-order valence-corrected chi connectivity index (χ0v) is 13.0. The van der Waals surface area contributed by atoms with E-state index in [1.165, 1.54) is 0 Å². The highest BCUT2D eigenvalue weighted by Gasteiger charge is 2.25. The molecule has 1 aliphatic rings. The molecule has 0 aliphatic heterocycles. The molecule has 1 aromatic carbocycles. The molecule has 3 nitrogen and oxygen atoms in total. The fourth-order valence-electron chi connectivity index (χ4n) is 2.78. The number of primary amides is 1. The molecule has 5 heteroatoms. The van der Waals surface area contributed by atoms with Crippen LogP contribution in [0.5, 0.6) is 0 Å². The molecule has 1 fully saturated rings. The van der Waals surface area contributed by atoms with Crippen LogP contribution in [0.2, 0.25) is 10.0 Å². The van der Waals surface area contributed by atoms with Crippen molar-refractivity contribution in [1.82, 2.24) is 5.32 Å². The molecule has 3 N–H and O–H groups in total. The van der Waals surface area contributed by atoms with E-state index in [4.69, 9.17) is 28.9 Å². The molecule has 0 radical (unpaired) electrons. The largest absolute Gasteiger partial charge is 0.369 e. The Labute approximate surface area is 129 Å². The van der Waals surface area contributed by atoms with Gasteiger partial charge in [-0.25, -0.2) is 0 Å². The molecule has 0 aromatic heterocycles. The Balaban J connectivity index is 1.90. The van der Waals surface area contributed by atoms with E-state index in [1.807, 2.05) is 18.2 Å². The Morgan fingerprint density at radius 2 is 1.90 bits per heavy atom. The van der Waals surface area contributed by atoms with Gasteiger partial charge in [-0.15, -0.1) is 0 Å². The highest BCUT2D eigenvalue weighted by Crippen LogP contribution is 2.28. The van der Waals surface area contributed by atoms with Gasteiger partial charge in [0.25, 0.3) is 0 Å². The first kappa shape index (κ1) is 15.6. The summed E-state index contributed by atoms with van der Waals surface area (Å²) < 4.78 is 0. The van der Waals surface area contributed by atoms with E-state index in [1.54, 1.807) is 0 Å². The monoisotopic (exact) mass is 314 g/mol. The van der Waals surface area contributed by atoms with Gasteiger partial charge in [-0.05, 0) is 50.3 Å². The molecule has 2 rings (SSSR count). The minimum atomic E-state index is -0.166. The molecule has 110 valence electrons. The summed E-state index contributed by atoms with van der Waals surface area (Å²) in [4.78, 5) is 11.1. The number of rotatable bonds is 4. The summed E-state index contributed by atoms with van der Waals surface area (Å²) in [7, 11) is 0. The van der Waals surface area contributed by atoms with Crippen molar-refractivity contribution >= 4 is 29.1 Å². The Hall–Kier alpha value is -0.770. The summed E-state index contributed by atoms with van der Waals surface area (Å²) in [5.41, 5.74) is 6.47. The van der Waals surface area contributed by atoms with Crippen molar-refractivity contribution < 1.29 is 4.79 Å². The molecule has 1 aliphatic carbocycles. The minimum absolute atomic E-state index is 0.0494. The number of amides is 1. The lowest BCUT2D eigenvalue weighted by atomic mass is 9.85. The number of hydrogen-bond acceptors (Lipinski definition) is 2. The molecular formula is C15H20Cl2N2O. The van der Waals surface area contributed by atoms with Crippen LogP contribution in [0.1, 0.15) is 44.2 Å². The quantitative estimate of drug-likeness (QED) is 0.890. The molecule has 0 heterocycles. The summed E-state index contributed by atoms with van der Waals surface area (Å²) >= 11 is 12.0. The van der Waals surface area contributed by atoms with Crippen LogP contribution in [0.4, 0.5) is 0 Å². The van der Waals surface area contributed by atoms with Gasteiger partial charge in [-0.3, -0.25) is 4.79 Å². The highest BCUT2D eigenvalue weighted by atomic mass is 35.5. The second-order valence-electron chi connectivity index (χ2n) is 5.51. The summed E-state index contributed by atoms with van der Waals surface area (Å²) in [6.45, 7) is 2.11. The summed E-state index contributed by atoms with van der Waals surface area (Å²) in [6.07, 6.45) is 3.72. The van der Waals surface area contributed by atoms with E-state index < -0.39 is 0 Å². The van der Waals surface area contributed by atoms with Gasteiger partial charge in [0.2, 0.25) is 5.91 Å². The Morgan fingerprint density at radius 1 is 1.25 bits per heavy atom. The Morgan fingerprint density at radius 3 is 2.45 bits per heavy atom. The van der Waals surface area contributed by atoms with Gasteiger partial charge in [0.05, 0.1) is 10.0 Å². The maximum atomic E-state index is 11.1. The highest BCUT2D eigenvalue weighted by molar-refractivity contribution is 6.42. The number of hydrogen-bond donors (Lipinski definition) is 2. The van der Waals surface area contributed by atoms with E-state index in [2.05, 4.69) is 12.2 Å². The van der Waals surface area contributed by atoms with Crippen LogP contribution in [-0.2, 0) is 4.79 Å². The van der Waals surface area contributed by atoms with Crippen molar-refractivity contribution in [1.29, 1.82) is 0 Å². The lowest BCUT2D eigenvalue weighted by Gasteiger charge is -2.30. The van der Waals surface area contributed by atoms with Crippen LogP contribution in [0.3, 0.4) is 0 Å². The summed E-state index contributed by atoms with van der Waals surface area (Å²) in [5, 5.41) is 4.74. The van der Waals surface area contributed by atoms with Crippen LogP contribution in [0, 0.1) is 5.92 Å². The van der Waals surface area contributed by atoms with Crippen LogP contribution < -0.4 is 11.1 Å². The van der Waals surface area contributed by atoms with Crippen LogP contribution in [0.15, 0.2) is 18.2 Å². The first-order valence-corrected chi connectivity index (χ1v) is 7.73. The van der Waals surface area contributed by atoms with Crippen molar-refractivity contribution in [2.24, 2.45) is 11.7 Å². The van der Waals surface area contributed by atoms with Gasteiger partial charge < -0.3 is 11.1 Å². The third kappa shape index (κ3) is 3.87. The number of nitrogens with one attached hydrogen (secondary N) is 1. The molecule has 1 saturated carbocycles. The second-order valence-corrected chi connectivity index (χ2v) is 6.33. The van der Waals surface area contributed by atoms with E-state index >= 15 is 0 Å². The average Bonchev–Trinajstić information content (AvgIpc) is 2.42. The molecule has 1 unspecified atom stereocenters. The second kappa shape index (κ2) is 6.79. The van der Waals surface area contributed by atoms with Crippen molar-refractivity contribution in [3.63, 3.8) is 0 Å². The number of halogens is 2. The van der Waals surface area contributed by atoms with Crippen molar-refractivity contribution in [3.8, 4) is 0 Å². The lowest BCUT2D eigenvalue weighted by molar-refractivity contribution is -0.122. The van der Waals surface area contributed by atoms with E-state index in [0.29, 0.717) is 16.1 Å². The summed E-state index contributed by atoms with van der Waals surface area (Å²) in [6, 6.07) is 6.34. The number of carbonyl (C=O) groups excluding carboxylic acids is 1. The van der Waals surface area contributed by atoms with E-state index in [9.17, 15) is 4.79 Å². The SMILES string of the molecule is CC(NC1CCC(C(N)=O)CC1)c1ccc(Cl)c(Cl)c1. The molecule has 1 amide bonds. The molecule has 0 saturated heterocycles. The predicted octanol–water partition coefficient (Wildman–Crippen LogP) is 3.69. The Bertz CT molecular complexity index is 485. The van der Waals surface area contributed by atoms with Gasteiger partial charge in [0, 0.05) is 18.0 Å². The predicted molar refractivity (Wildman–Crippen MR) is 83.0 cm³/mol. The van der Waals surface area contributed by atoms with Crippen LogP contribution >= 0.6 is 23.2 Å². The minimum Gasteiger partial charge on any atom is -0.369 e. The zero-order valence-electron chi connectivity index (χ0n) is 11.5. The zero-order chi connectivity index (χ0) is 14.7. The van der Waals surface area contributed by atoms with Crippen molar-refractivity contribution in [3.05, 3.63) is 33.8 Å². The molecular weight excluding hydrogens is 295 g/mol. The topological polar surface area (TPSA) is 55.1 Å². The third-order valence-corrected chi connectivity index (χ3v) is 4.80. The summed E-state index contributed by atoms with van der Waals surface area (Å²) in [5.74, 6) is -0.116. The lowest BCUT2D eigenvalue weighted by Crippen LogP contribution is -2.37. The average molecular weight is 315 g/mol. The molecule has 0 bridgehead atoms. The van der Waals surface area contributed by atoms with Gasteiger partial charge in [-0.2, -0.15) is 0 Å². The molecule has 0 spiro atoms. The number of carbonyl (C=O) groups is 1. The smallest absolute Gasteiger partial charge is 0.220 e. The maximum absolute atomic E-state index is 11.1. The number of benzene rings is 1. The van der Waals surface area contributed by atoms with Gasteiger partial charge in [-0.1, -0.05) is 29.3 Å². The van der Waals surface area contributed by atoms with Crippen molar-refractivity contribution in [2.45, 2.75) is 44.7 Å². The van der Waals surface area contributed by atoms with Crippen LogP contribution in [0.25, 0.3) is 0 Å². The fourth-order valence-corrected chi connectivity index (χ4v) is 3.08. The van der Waals surface area contributed by atoms with E-state index in [0.717, 1.165) is 31.2 Å². The normalized spacial score (nSPS) is 24.4. The maximum Gasteiger partial charge on any atom is 0.220 e. The van der Waals surface area contributed by atoms with Crippen LogP contribution in [-0.4, -0.2) is 11.9 Å². The van der Waals surface area contributed by atoms with Gasteiger partial charge in [0.1, 0.15) is 0 Å². The molecule has 20 heavy (non-hydrogen) atoms. The first-order valence-electron chi connectivity index (χ1n) is 6.97. The van der Waals surface area contributed by atoms with Gasteiger partial charge >= 0.3 is 0 Å². The Kier molecular flexibility index (Phi) is 5.30.